The molecule has 0 spiro atoms. The van der Waals surface area contributed by atoms with E-state index in [4.69, 9.17) is 5.11 Å². The first-order valence-corrected chi connectivity index (χ1v) is 8.72. The zero-order valence-electron chi connectivity index (χ0n) is 12.0. The molecule has 0 aromatic carbocycles. The molecule has 0 aromatic heterocycles. The number of aliphatic carboxylic acids is 1. The van der Waals surface area contributed by atoms with Gasteiger partial charge < -0.3 is 5.11 Å². The van der Waals surface area contributed by atoms with E-state index in [1.807, 2.05) is 0 Å². The molecule has 0 aliphatic heterocycles. The van der Waals surface area contributed by atoms with E-state index in [9.17, 15) is 4.79 Å². The summed E-state index contributed by atoms with van der Waals surface area (Å²) in [6.07, 6.45) is 14.9. The van der Waals surface area contributed by atoms with Crippen molar-refractivity contribution in [2.75, 3.05) is 11.5 Å². The Labute approximate surface area is 117 Å². The molecular weight excluding hydrogens is 244 g/mol. The van der Waals surface area contributed by atoms with Gasteiger partial charge in [-0.3, -0.25) is 4.79 Å². The second kappa shape index (κ2) is 14.9. The molecule has 0 aliphatic carbocycles. The van der Waals surface area contributed by atoms with E-state index < -0.39 is 5.97 Å². The van der Waals surface area contributed by atoms with Crippen LogP contribution in [0.25, 0.3) is 0 Å². The number of hydrogen-bond donors (Lipinski definition) is 1. The molecule has 0 radical (unpaired) electrons. The van der Waals surface area contributed by atoms with Crippen molar-refractivity contribution in [1.29, 1.82) is 0 Å². The van der Waals surface area contributed by atoms with Crippen LogP contribution in [0.1, 0.15) is 77.6 Å². The maximum atomic E-state index is 10.3. The third kappa shape index (κ3) is 15.8. The summed E-state index contributed by atoms with van der Waals surface area (Å²) in [7, 11) is 0. The smallest absolute Gasteiger partial charge is 0.313 e. The molecule has 0 aromatic rings. The summed E-state index contributed by atoms with van der Waals surface area (Å²) in [6, 6.07) is 0. The average molecular weight is 274 g/mol. The molecule has 0 atom stereocenters. The van der Waals surface area contributed by atoms with Gasteiger partial charge in [-0.1, -0.05) is 71.1 Å². The normalized spacial score (nSPS) is 10.7. The number of carbonyl (C=O) groups is 1. The van der Waals surface area contributed by atoms with Crippen LogP contribution in [-0.4, -0.2) is 22.6 Å². The van der Waals surface area contributed by atoms with Gasteiger partial charge in [0.1, 0.15) is 0 Å². The SMILES string of the molecule is CCCCCCCCCCCCCSCC(=O)O. The van der Waals surface area contributed by atoms with Crippen LogP contribution in [-0.2, 0) is 4.79 Å². The van der Waals surface area contributed by atoms with Gasteiger partial charge in [0.15, 0.2) is 0 Å². The molecule has 0 heterocycles. The van der Waals surface area contributed by atoms with E-state index >= 15 is 0 Å². The van der Waals surface area contributed by atoms with Crippen LogP contribution in [0.15, 0.2) is 0 Å². The Morgan fingerprint density at radius 3 is 1.72 bits per heavy atom. The van der Waals surface area contributed by atoms with E-state index in [-0.39, 0.29) is 5.75 Å². The van der Waals surface area contributed by atoms with Crippen LogP contribution in [0.5, 0.6) is 0 Å². The quantitative estimate of drug-likeness (QED) is 0.447. The van der Waals surface area contributed by atoms with Gasteiger partial charge in [-0.2, -0.15) is 11.8 Å². The summed E-state index contributed by atoms with van der Waals surface area (Å²) < 4.78 is 0. The fourth-order valence-corrected chi connectivity index (χ4v) is 2.76. The molecule has 0 amide bonds. The Morgan fingerprint density at radius 1 is 0.833 bits per heavy atom. The first kappa shape index (κ1) is 17.8. The minimum absolute atomic E-state index is 0.262. The Kier molecular flexibility index (Phi) is 14.7. The highest BCUT2D eigenvalue weighted by molar-refractivity contribution is 7.99. The fourth-order valence-electron chi connectivity index (χ4n) is 2.03. The van der Waals surface area contributed by atoms with Crippen molar-refractivity contribution >= 4 is 17.7 Å². The molecule has 3 heteroatoms. The van der Waals surface area contributed by atoms with Crippen molar-refractivity contribution in [1.82, 2.24) is 0 Å². The molecule has 0 fully saturated rings. The molecule has 1 N–H and O–H groups in total. The molecule has 18 heavy (non-hydrogen) atoms. The Hall–Kier alpha value is -0.180. The van der Waals surface area contributed by atoms with Gasteiger partial charge in [-0.15, -0.1) is 0 Å². The van der Waals surface area contributed by atoms with Gasteiger partial charge >= 0.3 is 5.97 Å². The van der Waals surface area contributed by atoms with Gasteiger partial charge in [0, 0.05) is 0 Å². The first-order chi connectivity index (χ1) is 8.77. The van der Waals surface area contributed by atoms with Gasteiger partial charge in [-0.25, -0.2) is 0 Å². The maximum absolute atomic E-state index is 10.3. The van der Waals surface area contributed by atoms with Crippen LogP contribution in [0.2, 0.25) is 0 Å². The second-order valence-electron chi connectivity index (χ2n) is 4.98. The molecule has 2 nitrogen and oxygen atoms in total. The lowest BCUT2D eigenvalue weighted by atomic mass is 10.1. The predicted molar refractivity (Wildman–Crippen MR) is 81.4 cm³/mol. The highest BCUT2D eigenvalue weighted by atomic mass is 32.2. The Bertz CT molecular complexity index is 183. The molecule has 0 rings (SSSR count). The number of unbranched alkanes of at least 4 members (excludes halogenated alkanes) is 10. The molecule has 0 bridgehead atoms. The molecule has 0 unspecified atom stereocenters. The molecular formula is C15H30O2S. The lowest BCUT2D eigenvalue weighted by Gasteiger charge is -2.02. The minimum Gasteiger partial charge on any atom is -0.481 e. The fraction of sp³-hybridized carbons (Fsp3) is 0.933. The molecule has 0 saturated heterocycles. The lowest BCUT2D eigenvalue weighted by molar-refractivity contribution is -0.133. The highest BCUT2D eigenvalue weighted by Gasteiger charge is 1.96. The van der Waals surface area contributed by atoms with Crippen molar-refractivity contribution in [2.24, 2.45) is 0 Å². The second-order valence-corrected chi connectivity index (χ2v) is 6.09. The zero-order chi connectivity index (χ0) is 13.5. The summed E-state index contributed by atoms with van der Waals surface area (Å²) in [5.74, 6) is 0.573. The van der Waals surface area contributed by atoms with Gasteiger partial charge in [-0.05, 0) is 12.2 Å². The van der Waals surface area contributed by atoms with E-state index in [1.54, 1.807) is 11.8 Å². The number of hydrogen-bond acceptors (Lipinski definition) is 2. The van der Waals surface area contributed by atoms with Gasteiger partial charge in [0.05, 0.1) is 5.75 Å². The standard InChI is InChI=1S/C15H30O2S/c1-2-3-4-5-6-7-8-9-10-11-12-13-18-14-15(16)17/h2-14H2,1H3,(H,16,17). The third-order valence-electron chi connectivity index (χ3n) is 3.12. The van der Waals surface area contributed by atoms with Gasteiger partial charge in [0.25, 0.3) is 0 Å². The van der Waals surface area contributed by atoms with E-state index in [2.05, 4.69) is 6.92 Å². The van der Waals surface area contributed by atoms with Gasteiger partial charge in [0.2, 0.25) is 0 Å². The van der Waals surface area contributed by atoms with Crippen molar-refractivity contribution in [3.63, 3.8) is 0 Å². The largest absolute Gasteiger partial charge is 0.481 e. The monoisotopic (exact) mass is 274 g/mol. The van der Waals surface area contributed by atoms with Crippen molar-refractivity contribution in [3.8, 4) is 0 Å². The summed E-state index contributed by atoms with van der Waals surface area (Å²) in [5.41, 5.74) is 0. The zero-order valence-corrected chi connectivity index (χ0v) is 12.8. The number of carboxylic acid groups (broad SMARTS) is 1. The Balaban J connectivity index is 2.92. The average Bonchev–Trinajstić information content (AvgIpc) is 2.34. The van der Waals surface area contributed by atoms with Crippen LogP contribution >= 0.6 is 11.8 Å². The summed E-state index contributed by atoms with van der Waals surface area (Å²) in [5, 5.41) is 8.47. The topological polar surface area (TPSA) is 37.3 Å². The van der Waals surface area contributed by atoms with Crippen LogP contribution in [0.4, 0.5) is 0 Å². The predicted octanol–water partition coefficient (Wildman–Crippen LogP) is 5.12. The Morgan fingerprint density at radius 2 is 1.28 bits per heavy atom. The lowest BCUT2D eigenvalue weighted by Crippen LogP contribution is -1.98. The third-order valence-corrected chi connectivity index (χ3v) is 4.15. The highest BCUT2D eigenvalue weighted by Crippen LogP contribution is 2.12. The summed E-state index contributed by atoms with van der Waals surface area (Å²) in [6.45, 7) is 2.26. The first-order valence-electron chi connectivity index (χ1n) is 7.57. The van der Waals surface area contributed by atoms with Crippen molar-refractivity contribution in [3.05, 3.63) is 0 Å². The van der Waals surface area contributed by atoms with E-state index in [0.29, 0.717) is 0 Å². The van der Waals surface area contributed by atoms with Crippen molar-refractivity contribution in [2.45, 2.75) is 77.6 Å². The van der Waals surface area contributed by atoms with Crippen molar-refractivity contribution < 1.29 is 9.90 Å². The van der Waals surface area contributed by atoms with Crippen LogP contribution < -0.4 is 0 Å². The van der Waals surface area contributed by atoms with E-state index in [1.165, 1.54) is 70.6 Å². The number of rotatable bonds is 14. The summed E-state index contributed by atoms with van der Waals surface area (Å²) in [4.78, 5) is 10.3. The van der Waals surface area contributed by atoms with Crippen LogP contribution in [0, 0.1) is 0 Å². The molecule has 108 valence electrons. The maximum Gasteiger partial charge on any atom is 0.313 e. The summed E-state index contributed by atoms with van der Waals surface area (Å²) >= 11 is 1.54. The molecule has 0 saturated carbocycles. The van der Waals surface area contributed by atoms with Crippen LogP contribution in [0.3, 0.4) is 0 Å². The minimum atomic E-state index is -0.692. The number of carboxylic acids is 1. The number of thioether (sulfide) groups is 1. The van der Waals surface area contributed by atoms with E-state index in [0.717, 1.165) is 5.75 Å². The molecule has 0 aliphatic rings.